The van der Waals surface area contributed by atoms with E-state index in [1.807, 2.05) is 21.9 Å². The minimum atomic E-state index is -0.260. The number of benzene rings is 1. The third-order valence-electron chi connectivity index (χ3n) is 5.85. The molecule has 1 aromatic rings. The first-order chi connectivity index (χ1) is 12.5. The number of halogens is 1. The summed E-state index contributed by atoms with van der Waals surface area (Å²) in [6.07, 6.45) is 5.06. The molecule has 0 aromatic heterocycles. The number of rotatable bonds is 4. The smallest absolute Gasteiger partial charge is 0.320 e. The van der Waals surface area contributed by atoms with Crippen molar-refractivity contribution in [1.82, 2.24) is 9.80 Å². The molecule has 0 radical (unpaired) electrons. The van der Waals surface area contributed by atoms with Gasteiger partial charge in [-0.1, -0.05) is 12.1 Å². The molecule has 0 spiro atoms. The monoisotopic (exact) mass is 361 g/mol. The van der Waals surface area contributed by atoms with Crippen molar-refractivity contribution in [3.05, 3.63) is 35.6 Å². The zero-order valence-electron chi connectivity index (χ0n) is 15.4. The standard InChI is InChI=1S/C20H28FN3O2/c1-14-2-8-18(9-5-15-3-6-17(21)7-4-15)24(14)20(26)23-12-10-16(11-13-23)19(22)25/h3-4,6-7,14,16,18H,2,5,8-13H2,1H3,(H2,22,25)/t14-,18-/m1/s1. The minimum Gasteiger partial charge on any atom is -0.369 e. The van der Waals surface area contributed by atoms with Crippen LogP contribution in [0.5, 0.6) is 0 Å². The maximum Gasteiger partial charge on any atom is 0.320 e. The average molecular weight is 361 g/mol. The van der Waals surface area contributed by atoms with Gasteiger partial charge < -0.3 is 15.5 Å². The SMILES string of the molecule is C[C@@H]1CC[C@H](CCc2ccc(F)cc2)N1C(=O)N1CCC(C(N)=O)CC1. The molecule has 0 unspecified atom stereocenters. The molecule has 5 nitrogen and oxygen atoms in total. The molecule has 2 fully saturated rings. The van der Waals surface area contributed by atoms with E-state index in [-0.39, 0.29) is 35.8 Å². The van der Waals surface area contributed by atoms with Crippen molar-refractivity contribution in [2.45, 2.75) is 57.5 Å². The summed E-state index contributed by atoms with van der Waals surface area (Å²) in [6, 6.07) is 7.13. The Kier molecular flexibility index (Phi) is 5.79. The van der Waals surface area contributed by atoms with E-state index in [0.717, 1.165) is 31.2 Å². The van der Waals surface area contributed by atoms with Crippen molar-refractivity contribution in [3.8, 4) is 0 Å². The second kappa shape index (κ2) is 8.06. The zero-order chi connectivity index (χ0) is 18.7. The van der Waals surface area contributed by atoms with Crippen LogP contribution in [0.15, 0.2) is 24.3 Å². The number of urea groups is 1. The lowest BCUT2D eigenvalue weighted by atomic mass is 9.96. The van der Waals surface area contributed by atoms with Crippen LogP contribution in [0.3, 0.4) is 0 Å². The molecule has 2 aliphatic rings. The lowest BCUT2D eigenvalue weighted by molar-refractivity contribution is -0.123. The largest absolute Gasteiger partial charge is 0.369 e. The highest BCUT2D eigenvalue weighted by molar-refractivity contribution is 5.78. The van der Waals surface area contributed by atoms with Crippen molar-refractivity contribution >= 4 is 11.9 Å². The topological polar surface area (TPSA) is 66.6 Å². The molecule has 0 saturated carbocycles. The molecule has 1 aromatic carbocycles. The van der Waals surface area contributed by atoms with Crippen molar-refractivity contribution in [3.63, 3.8) is 0 Å². The first-order valence-corrected chi connectivity index (χ1v) is 9.56. The highest BCUT2D eigenvalue weighted by Gasteiger charge is 2.37. The van der Waals surface area contributed by atoms with Gasteiger partial charge in [-0.25, -0.2) is 9.18 Å². The summed E-state index contributed by atoms with van der Waals surface area (Å²) >= 11 is 0. The maximum absolute atomic E-state index is 13.0. The van der Waals surface area contributed by atoms with Crippen LogP contribution in [0.4, 0.5) is 9.18 Å². The Morgan fingerprint density at radius 3 is 2.38 bits per heavy atom. The summed E-state index contributed by atoms with van der Waals surface area (Å²) in [6.45, 7) is 3.30. The van der Waals surface area contributed by atoms with Crippen LogP contribution in [0, 0.1) is 11.7 Å². The highest BCUT2D eigenvalue weighted by Crippen LogP contribution is 2.30. The predicted octanol–water partition coefficient (Wildman–Crippen LogP) is 2.93. The lowest BCUT2D eigenvalue weighted by Crippen LogP contribution is -2.51. The number of amides is 3. The first-order valence-electron chi connectivity index (χ1n) is 9.56. The Balaban J connectivity index is 1.58. The molecule has 3 rings (SSSR count). The first kappa shape index (κ1) is 18.7. The van der Waals surface area contributed by atoms with Crippen LogP contribution in [0.25, 0.3) is 0 Å². The molecule has 0 aliphatic carbocycles. The second-order valence-electron chi connectivity index (χ2n) is 7.60. The molecule has 2 aliphatic heterocycles. The maximum atomic E-state index is 13.0. The number of aryl methyl sites for hydroxylation is 1. The highest BCUT2D eigenvalue weighted by atomic mass is 19.1. The Morgan fingerprint density at radius 1 is 1.12 bits per heavy atom. The Hall–Kier alpha value is -2.11. The van der Waals surface area contributed by atoms with E-state index in [1.165, 1.54) is 12.1 Å². The number of hydrogen-bond acceptors (Lipinski definition) is 2. The van der Waals surface area contributed by atoms with Gasteiger partial charge >= 0.3 is 6.03 Å². The molecule has 3 amide bonds. The third kappa shape index (κ3) is 4.17. The summed E-state index contributed by atoms with van der Waals surface area (Å²) in [5.74, 6) is -0.590. The summed E-state index contributed by atoms with van der Waals surface area (Å²) in [4.78, 5) is 28.2. The molecule has 26 heavy (non-hydrogen) atoms. The number of nitrogens with zero attached hydrogens (tertiary/aromatic N) is 2. The average Bonchev–Trinajstić information content (AvgIpc) is 3.01. The van der Waals surface area contributed by atoms with Gasteiger partial charge in [0.15, 0.2) is 0 Å². The van der Waals surface area contributed by atoms with E-state index in [1.54, 1.807) is 0 Å². The molecule has 2 heterocycles. The molecule has 0 bridgehead atoms. The Morgan fingerprint density at radius 2 is 1.77 bits per heavy atom. The van der Waals surface area contributed by atoms with Gasteiger partial charge in [0.2, 0.25) is 5.91 Å². The van der Waals surface area contributed by atoms with Crippen LogP contribution < -0.4 is 5.73 Å². The van der Waals surface area contributed by atoms with Crippen LogP contribution in [-0.4, -0.2) is 46.9 Å². The van der Waals surface area contributed by atoms with E-state index in [0.29, 0.717) is 25.9 Å². The fraction of sp³-hybridized carbons (Fsp3) is 0.600. The number of primary amides is 1. The van der Waals surface area contributed by atoms with Gasteiger partial charge in [-0.05, 0) is 63.1 Å². The Bertz CT molecular complexity index is 641. The predicted molar refractivity (Wildman–Crippen MR) is 97.9 cm³/mol. The van der Waals surface area contributed by atoms with Crippen LogP contribution >= 0.6 is 0 Å². The van der Waals surface area contributed by atoms with Gasteiger partial charge in [0, 0.05) is 31.1 Å². The van der Waals surface area contributed by atoms with E-state index >= 15 is 0 Å². The van der Waals surface area contributed by atoms with Gasteiger partial charge in [0.05, 0.1) is 0 Å². The number of hydrogen-bond donors (Lipinski definition) is 1. The minimum absolute atomic E-state index is 0.0852. The lowest BCUT2D eigenvalue weighted by Gasteiger charge is -2.37. The van der Waals surface area contributed by atoms with Gasteiger partial charge in [0.1, 0.15) is 5.82 Å². The molecule has 6 heteroatoms. The molecular weight excluding hydrogens is 333 g/mol. The molecular formula is C20H28FN3O2. The quantitative estimate of drug-likeness (QED) is 0.896. The van der Waals surface area contributed by atoms with Gasteiger partial charge in [-0.3, -0.25) is 4.79 Å². The fourth-order valence-electron chi connectivity index (χ4n) is 4.20. The number of carbonyl (C=O) groups excluding carboxylic acids is 2. The number of carbonyl (C=O) groups is 2. The molecule has 2 atom stereocenters. The number of piperidine rings is 1. The third-order valence-corrected chi connectivity index (χ3v) is 5.85. The number of nitrogens with two attached hydrogens (primary N) is 1. The van der Waals surface area contributed by atoms with Crippen molar-refractivity contribution < 1.29 is 14.0 Å². The second-order valence-corrected chi connectivity index (χ2v) is 7.60. The summed E-state index contributed by atoms with van der Waals surface area (Å²) in [5, 5.41) is 0. The summed E-state index contributed by atoms with van der Waals surface area (Å²) < 4.78 is 13.0. The van der Waals surface area contributed by atoms with Gasteiger partial charge in [-0.2, -0.15) is 0 Å². The van der Waals surface area contributed by atoms with E-state index in [9.17, 15) is 14.0 Å². The van der Waals surface area contributed by atoms with Crippen molar-refractivity contribution in [2.75, 3.05) is 13.1 Å². The zero-order valence-corrected chi connectivity index (χ0v) is 15.4. The van der Waals surface area contributed by atoms with Crippen LogP contribution in [0.1, 0.15) is 44.6 Å². The van der Waals surface area contributed by atoms with E-state index in [4.69, 9.17) is 5.73 Å². The van der Waals surface area contributed by atoms with E-state index in [2.05, 4.69) is 6.92 Å². The molecule has 142 valence electrons. The molecule has 2 saturated heterocycles. The van der Waals surface area contributed by atoms with Gasteiger partial charge in [-0.15, -0.1) is 0 Å². The van der Waals surface area contributed by atoms with Gasteiger partial charge in [0.25, 0.3) is 0 Å². The van der Waals surface area contributed by atoms with Crippen LogP contribution in [-0.2, 0) is 11.2 Å². The van der Waals surface area contributed by atoms with Crippen LogP contribution in [0.2, 0.25) is 0 Å². The summed E-state index contributed by atoms with van der Waals surface area (Å²) in [5.41, 5.74) is 6.48. The van der Waals surface area contributed by atoms with Crippen molar-refractivity contribution in [1.29, 1.82) is 0 Å². The van der Waals surface area contributed by atoms with Crippen molar-refractivity contribution in [2.24, 2.45) is 11.7 Å². The Labute approximate surface area is 154 Å². The molecule has 2 N–H and O–H groups in total. The van der Waals surface area contributed by atoms with E-state index < -0.39 is 0 Å². The number of likely N-dealkylation sites (tertiary alicyclic amines) is 2. The summed E-state index contributed by atoms with van der Waals surface area (Å²) in [7, 11) is 0. The fourth-order valence-corrected chi connectivity index (χ4v) is 4.20. The normalized spacial score (nSPS) is 24.1.